The molecular formula is C19H19NO6. The van der Waals surface area contributed by atoms with Gasteiger partial charge in [0.25, 0.3) is 5.91 Å². The number of hydrogen-bond donors (Lipinski definition) is 2. The molecule has 0 heterocycles. The fourth-order valence-corrected chi connectivity index (χ4v) is 2.20. The molecular weight excluding hydrogens is 338 g/mol. The SMILES string of the molecule is CC(=O)Oc1ccc(OCC(=O)N[C@@H](Cc2ccccc2)C(=O)O)cc1. The standard InChI is InChI=1S/C19H19NO6/c1-13(21)26-16-9-7-15(8-10-16)25-12-18(22)20-17(19(23)24)11-14-5-3-2-4-6-14/h2-10,17H,11-12H2,1H3,(H,20,22)(H,23,24)/t17-/m0/s1. The van der Waals surface area contributed by atoms with E-state index >= 15 is 0 Å². The van der Waals surface area contributed by atoms with Crippen LogP contribution in [0.25, 0.3) is 0 Å². The molecule has 0 aromatic heterocycles. The molecule has 0 aliphatic heterocycles. The summed E-state index contributed by atoms with van der Waals surface area (Å²) in [5.41, 5.74) is 0.808. The highest BCUT2D eigenvalue weighted by Crippen LogP contribution is 2.17. The highest BCUT2D eigenvalue weighted by Gasteiger charge is 2.20. The van der Waals surface area contributed by atoms with Gasteiger partial charge in [0.2, 0.25) is 0 Å². The van der Waals surface area contributed by atoms with Crippen LogP contribution in [0.4, 0.5) is 0 Å². The molecule has 0 aliphatic carbocycles. The third-order valence-corrected chi connectivity index (χ3v) is 3.37. The minimum absolute atomic E-state index is 0.180. The Balaban J connectivity index is 1.86. The molecule has 1 atom stereocenters. The number of benzene rings is 2. The number of esters is 1. The zero-order valence-corrected chi connectivity index (χ0v) is 14.2. The smallest absolute Gasteiger partial charge is 0.326 e. The van der Waals surface area contributed by atoms with Crippen molar-refractivity contribution in [2.24, 2.45) is 0 Å². The summed E-state index contributed by atoms with van der Waals surface area (Å²) in [4.78, 5) is 34.2. The lowest BCUT2D eigenvalue weighted by atomic mass is 10.1. The first kappa shape index (κ1) is 19.0. The lowest BCUT2D eigenvalue weighted by Gasteiger charge is -2.15. The predicted octanol–water partition coefficient (Wildman–Crippen LogP) is 1.80. The van der Waals surface area contributed by atoms with Crippen molar-refractivity contribution < 1.29 is 29.0 Å². The molecule has 26 heavy (non-hydrogen) atoms. The summed E-state index contributed by atoms with van der Waals surface area (Å²) in [6.07, 6.45) is 0.180. The van der Waals surface area contributed by atoms with Crippen LogP contribution in [0, 0.1) is 0 Å². The summed E-state index contributed by atoms with van der Waals surface area (Å²) >= 11 is 0. The zero-order valence-electron chi connectivity index (χ0n) is 14.2. The van der Waals surface area contributed by atoms with Crippen LogP contribution in [0.3, 0.4) is 0 Å². The minimum Gasteiger partial charge on any atom is -0.484 e. The van der Waals surface area contributed by atoms with E-state index in [1.165, 1.54) is 19.1 Å². The third kappa shape index (κ3) is 6.27. The van der Waals surface area contributed by atoms with E-state index in [-0.39, 0.29) is 13.0 Å². The van der Waals surface area contributed by atoms with Crippen molar-refractivity contribution in [3.8, 4) is 11.5 Å². The first-order valence-corrected chi connectivity index (χ1v) is 7.91. The molecule has 0 aliphatic rings. The van der Waals surface area contributed by atoms with Crippen LogP contribution in [0.1, 0.15) is 12.5 Å². The Morgan fingerprint density at radius 1 is 1.00 bits per heavy atom. The molecule has 136 valence electrons. The van der Waals surface area contributed by atoms with Crippen LogP contribution in [0.2, 0.25) is 0 Å². The molecule has 2 aromatic rings. The minimum atomic E-state index is -1.12. The van der Waals surface area contributed by atoms with Gasteiger partial charge in [-0.1, -0.05) is 30.3 Å². The Morgan fingerprint density at radius 2 is 1.62 bits per heavy atom. The van der Waals surface area contributed by atoms with Gasteiger partial charge in [0, 0.05) is 13.3 Å². The molecule has 2 N–H and O–H groups in total. The van der Waals surface area contributed by atoms with Crippen LogP contribution in [0.15, 0.2) is 54.6 Å². The maximum Gasteiger partial charge on any atom is 0.326 e. The first-order valence-electron chi connectivity index (χ1n) is 7.91. The predicted molar refractivity (Wildman–Crippen MR) is 93.0 cm³/mol. The fourth-order valence-electron chi connectivity index (χ4n) is 2.20. The summed E-state index contributed by atoms with van der Waals surface area (Å²) in [6.45, 7) is 0.967. The Kier molecular flexibility index (Phi) is 6.73. The number of rotatable bonds is 8. The molecule has 2 aromatic carbocycles. The van der Waals surface area contributed by atoms with Crippen LogP contribution < -0.4 is 14.8 Å². The van der Waals surface area contributed by atoms with Gasteiger partial charge in [-0.3, -0.25) is 9.59 Å². The van der Waals surface area contributed by atoms with E-state index in [4.69, 9.17) is 9.47 Å². The van der Waals surface area contributed by atoms with Crippen molar-refractivity contribution in [1.82, 2.24) is 5.32 Å². The highest BCUT2D eigenvalue weighted by molar-refractivity contribution is 5.84. The Hall–Kier alpha value is -3.35. The van der Waals surface area contributed by atoms with Crippen molar-refractivity contribution in [3.05, 3.63) is 60.2 Å². The monoisotopic (exact) mass is 357 g/mol. The average Bonchev–Trinajstić information content (AvgIpc) is 2.61. The number of carbonyl (C=O) groups is 3. The van der Waals surface area contributed by atoms with Gasteiger partial charge < -0.3 is 19.9 Å². The molecule has 1 amide bonds. The lowest BCUT2D eigenvalue weighted by Crippen LogP contribution is -2.44. The molecule has 0 bridgehead atoms. The summed E-state index contributed by atoms with van der Waals surface area (Å²) in [5, 5.41) is 11.7. The quantitative estimate of drug-likeness (QED) is 0.552. The summed E-state index contributed by atoms with van der Waals surface area (Å²) < 4.78 is 10.2. The van der Waals surface area contributed by atoms with Crippen LogP contribution in [-0.2, 0) is 20.8 Å². The largest absolute Gasteiger partial charge is 0.484 e. The molecule has 7 nitrogen and oxygen atoms in total. The molecule has 0 saturated heterocycles. The second-order valence-electron chi connectivity index (χ2n) is 5.50. The number of carboxylic acid groups (broad SMARTS) is 1. The van der Waals surface area contributed by atoms with E-state index < -0.39 is 23.9 Å². The van der Waals surface area contributed by atoms with Crippen molar-refractivity contribution in [2.45, 2.75) is 19.4 Å². The maximum absolute atomic E-state index is 12.0. The topological polar surface area (TPSA) is 102 Å². The average molecular weight is 357 g/mol. The highest BCUT2D eigenvalue weighted by atomic mass is 16.5. The van der Waals surface area contributed by atoms with E-state index in [9.17, 15) is 19.5 Å². The summed E-state index contributed by atoms with van der Waals surface area (Å²) in [6, 6.07) is 14.1. The number of aliphatic carboxylic acids is 1. The van der Waals surface area contributed by atoms with Gasteiger partial charge in [0.05, 0.1) is 0 Å². The van der Waals surface area contributed by atoms with Crippen molar-refractivity contribution >= 4 is 17.8 Å². The Morgan fingerprint density at radius 3 is 2.19 bits per heavy atom. The second-order valence-corrected chi connectivity index (χ2v) is 5.50. The van der Waals surface area contributed by atoms with E-state index in [1.54, 1.807) is 36.4 Å². The van der Waals surface area contributed by atoms with E-state index in [0.717, 1.165) is 5.56 Å². The van der Waals surface area contributed by atoms with E-state index in [0.29, 0.717) is 11.5 Å². The Labute approximate surface area is 150 Å². The van der Waals surface area contributed by atoms with Gasteiger partial charge in [-0.2, -0.15) is 0 Å². The molecule has 0 unspecified atom stereocenters. The summed E-state index contributed by atoms with van der Waals surface area (Å²) in [7, 11) is 0. The zero-order chi connectivity index (χ0) is 18.9. The fraction of sp³-hybridized carbons (Fsp3) is 0.211. The molecule has 0 spiro atoms. The van der Waals surface area contributed by atoms with Gasteiger partial charge in [-0.25, -0.2) is 4.79 Å². The number of carboxylic acids is 1. The van der Waals surface area contributed by atoms with Crippen molar-refractivity contribution in [2.75, 3.05) is 6.61 Å². The van der Waals surface area contributed by atoms with Gasteiger partial charge in [-0.05, 0) is 29.8 Å². The number of carbonyl (C=O) groups excluding carboxylic acids is 2. The van der Waals surface area contributed by atoms with Gasteiger partial charge >= 0.3 is 11.9 Å². The Bertz CT molecular complexity index is 757. The molecule has 0 saturated carbocycles. The van der Waals surface area contributed by atoms with Crippen LogP contribution in [-0.4, -0.2) is 35.6 Å². The van der Waals surface area contributed by atoms with Crippen molar-refractivity contribution in [1.29, 1.82) is 0 Å². The van der Waals surface area contributed by atoms with Gasteiger partial charge in [-0.15, -0.1) is 0 Å². The van der Waals surface area contributed by atoms with Crippen LogP contribution in [0.5, 0.6) is 11.5 Å². The summed E-state index contributed by atoms with van der Waals surface area (Å²) in [5.74, 6) is -1.34. The number of nitrogens with one attached hydrogen (secondary N) is 1. The van der Waals surface area contributed by atoms with Gasteiger partial charge in [0.15, 0.2) is 6.61 Å². The van der Waals surface area contributed by atoms with Gasteiger partial charge in [0.1, 0.15) is 17.5 Å². The molecule has 2 rings (SSSR count). The number of amides is 1. The van der Waals surface area contributed by atoms with Crippen LogP contribution >= 0.6 is 0 Å². The van der Waals surface area contributed by atoms with E-state index in [1.807, 2.05) is 6.07 Å². The molecule has 0 fully saturated rings. The van der Waals surface area contributed by atoms with Crippen molar-refractivity contribution in [3.63, 3.8) is 0 Å². The molecule has 7 heteroatoms. The number of hydrogen-bond acceptors (Lipinski definition) is 5. The third-order valence-electron chi connectivity index (χ3n) is 3.37. The molecule has 0 radical (unpaired) electrons. The lowest BCUT2D eigenvalue weighted by molar-refractivity contribution is -0.142. The maximum atomic E-state index is 12.0. The number of ether oxygens (including phenoxy) is 2. The first-order chi connectivity index (χ1) is 12.4. The normalized spacial score (nSPS) is 11.3. The van der Waals surface area contributed by atoms with E-state index in [2.05, 4.69) is 5.32 Å². The second kappa shape index (κ2) is 9.22.